The summed E-state index contributed by atoms with van der Waals surface area (Å²) in [6, 6.07) is 7.95. The van der Waals surface area contributed by atoms with Gasteiger partial charge >= 0.3 is 7.12 Å². The Labute approximate surface area is 226 Å². The summed E-state index contributed by atoms with van der Waals surface area (Å²) in [5.74, 6) is 0.588. The molecule has 4 rings (SSSR count). The number of allylic oxidation sites excluding steroid dienone is 2. The zero-order valence-electron chi connectivity index (χ0n) is 23.7. The average Bonchev–Trinajstić information content (AvgIpc) is 3.39. The molecule has 204 valence electrons. The first-order chi connectivity index (χ1) is 18.0. The third-order valence-corrected chi connectivity index (χ3v) is 9.29. The molecule has 0 spiro atoms. The molecule has 1 saturated heterocycles. The number of amides is 1. The molecular formula is C32H50BNO3. The van der Waals surface area contributed by atoms with Gasteiger partial charge in [0.25, 0.3) is 5.91 Å². The Bertz CT molecular complexity index is 875. The van der Waals surface area contributed by atoms with Crippen LogP contribution in [0.2, 0.25) is 0 Å². The molecule has 5 heteroatoms. The molecule has 0 bridgehead atoms. The predicted molar refractivity (Wildman–Crippen MR) is 154 cm³/mol. The summed E-state index contributed by atoms with van der Waals surface area (Å²) in [4.78, 5) is 13.3. The predicted octanol–water partition coefficient (Wildman–Crippen LogP) is 7.51. The Morgan fingerprint density at radius 1 is 0.919 bits per heavy atom. The maximum atomic E-state index is 13.3. The molecule has 2 fully saturated rings. The van der Waals surface area contributed by atoms with Crippen LogP contribution >= 0.6 is 0 Å². The van der Waals surface area contributed by atoms with Crippen molar-refractivity contribution in [3.63, 3.8) is 0 Å². The number of carbonyl (C=O) groups excluding carboxylic acids is 1. The SMILES string of the molecule is CCC/C1=C/CCCC2OB(c3ccc(C(=O)NC(C)(CC)C4CCCCCCCC4)cc3)OC2CC1. The van der Waals surface area contributed by atoms with Gasteiger partial charge in [-0.25, -0.2) is 0 Å². The topological polar surface area (TPSA) is 47.6 Å². The zero-order chi connectivity index (χ0) is 26.1. The van der Waals surface area contributed by atoms with E-state index in [1.54, 1.807) is 5.57 Å². The fourth-order valence-electron chi connectivity index (χ4n) is 6.67. The van der Waals surface area contributed by atoms with Gasteiger partial charge in [-0.2, -0.15) is 0 Å². The molecule has 1 heterocycles. The standard InChI is InChI=1S/C32H50BNO3/c1-4-14-25-15-12-13-18-29-30(24-19-25)37-33(36-29)28-22-20-26(21-23-28)31(35)34-32(3,5-2)27-16-10-8-6-7-9-11-17-27/h15,20-23,27,29-30H,4-14,16-19,24H2,1-3H3,(H,34,35)/b25-15-. The summed E-state index contributed by atoms with van der Waals surface area (Å²) in [6.45, 7) is 6.74. The maximum absolute atomic E-state index is 13.3. The quantitative estimate of drug-likeness (QED) is 0.307. The molecule has 1 aliphatic heterocycles. The van der Waals surface area contributed by atoms with E-state index in [2.05, 4.69) is 32.2 Å². The highest BCUT2D eigenvalue weighted by atomic mass is 16.7. The zero-order valence-corrected chi connectivity index (χ0v) is 23.7. The Morgan fingerprint density at radius 2 is 1.57 bits per heavy atom. The fourth-order valence-corrected chi connectivity index (χ4v) is 6.67. The molecule has 3 atom stereocenters. The molecule has 0 radical (unpaired) electrons. The molecule has 2 aliphatic carbocycles. The molecule has 1 amide bonds. The summed E-state index contributed by atoms with van der Waals surface area (Å²) in [5.41, 5.74) is 3.16. The van der Waals surface area contributed by atoms with Crippen LogP contribution in [0.3, 0.4) is 0 Å². The lowest BCUT2D eigenvalue weighted by molar-refractivity contribution is 0.0846. The molecule has 0 aromatic heterocycles. The number of rotatable bonds is 7. The van der Waals surface area contributed by atoms with Gasteiger partial charge in [-0.15, -0.1) is 0 Å². The van der Waals surface area contributed by atoms with E-state index >= 15 is 0 Å². The van der Waals surface area contributed by atoms with Crippen molar-refractivity contribution in [1.29, 1.82) is 0 Å². The summed E-state index contributed by atoms with van der Waals surface area (Å²) in [6.07, 6.45) is 22.0. The van der Waals surface area contributed by atoms with Crippen LogP contribution in [0.5, 0.6) is 0 Å². The van der Waals surface area contributed by atoms with Crippen molar-refractivity contribution in [2.75, 3.05) is 0 Å². The van der Waals surface area contributed by atoms with Crippen molar-refractivity contribution in [3.8, 4) is 0 Å². The van der Waals surface area contributed by atoms with E-state index in [9.17, 15) is 4.79 Å². The first-order valence-corrected chi connectivity index (χ1v) is 15.4. The monoisotopic (exact) mass is 507 g/mol. The lowest BCUT2D eigenvalue weighted by Crippen LogP contribution is -2.51. The second kappa shape index (κ2) is 14.0. The van der Waals surface area contributed by atoms with Crippen LogP contribution in [0.25, 0.3) is 0 Å². The first kappa shape index (κ1) is 28.4. The Kier molecular flexibility index (Phi) is 10.7. The molecule has 1 aromatic carbocycles. The van der Waals surface area contributed by atoms with Crippen LogP contribution in [0.15, 0.2) is 35.9 Å². The smallest absolute Gasteiger partial charge is 0.402 e. The van der Waals surface area contributed by atoms with Crippen molar-refractivity contribution in [1.82, 2.24) is 5.32 Å². The van der Waals surface area contributed by atoms with Crippen LogP contribution in [0, 0.1) is 5.92 Å². The maximum Gasteiger partial charge on any atom is 0.494 e. The van der Waals surface area contributed by atoms with Crippen LogP contribution < -0.4 is 10.8 Å². The van der Waals surface area contributed by atoms with Crippen molar-refractivity contribution < 1.29 is 14.1 Å². The number of hydrogen-bond donors (Lipinski definition) is 1. The highest BCUT2D eigenvalue weighted by Crippen LogP contribution is 2.33. The van der Waals surface area contributed by atoms with Gasteiger partial charge < -0.3 is 14.6 Å². The van der Waals surface area contributed by atoms with Gasteiger partial charge in [0.15, 0.2) is 0 Å². The minimum atomic E-state index is -0.329. The van der Waals surface area contributed by atoms with Gasteiger partial charge in [-0.3, -0.25) is 4.79 Å². The molecular weight excluding hydrogens is 457 g/mol. The van der Waals surface area contributed by atoms with Crippen molar-refractivity contribution in [2.24, 2.45) is 5.92 Å². The van der Waals surface area contributed by atoms with Gasteiger partial charge in [-0.1, -0.05) is 82.6 Å². The normalized spacial score (nSPS) is 27.2. The Morgan fingerprint density at radius 3 is 2.22 bits per heavy atom. The highest BCUT2D eigenvalue weighted by molar-refractivity contribution is 6.61. The van der Waals surface area contributed by atoms with Crippen LogP contribution in [0.4, 0.5) is 0 Å². The second-order valence-electron chi connectivity index (χ2n) is 12.0. The van der Waals surface area contributed by atoms with E-state index < -0.39 is 0 Å². The van der Waals surface area contributed by atoms with Crippen LogP contribution in [-0.2, 0) is 9.31 Å². The fraction of sp³-hybridized carbons (Fsp3) is 0.719. The number of carbonyl (C=O) groups is 1. The number of fused-ring (bicyclic) bond motifs is 1. The second-order valence-corrected chi connectivity index (χ2v) is 12.0. The van der Waals surface area contributed by atoms with Crippen molar-refractivity contribution >= 4 is 18.5 Å². The van der Waals surface area contributed by atoms with E-state index in [0.29, 0.717) is 5.92 Å². The van der Waals surface area contributed by atoms with Crippen molar-refractivity contribution in [3.05, 3.63) is 41.5 Å². The summed E-state index contributed by atoms with van der Waals surface area (Å²) in [5, 5.41) is 3.45. The lowest BCUT2D eigenvalue weighted by atomic mass is 9.77. The Hall–Kier alpha value is -1.59. The van der Waals surface area contributed by atoms with Gasteiger partial charge in [0.05, 0.1) is 12.2 Å². The third kappa shape index (κ3) is 7.73. The summed E-state index contributed by atoms with van der Waals surface area (Å²) < 4.78 is 12.8. The molecule has 1 N–H and O–H groups in total. The third-order valence-electron chi connectivity index (χ3n) is 9.29. The van der Waals surface area contributed by atoms with E-state index in [1.165, 1.54) is 64.2 Å². The van der Waals surface area contributed by atoms with Crippen LogP contribution in [0.1, 0.15) is 134 Å². The number of benzene rings is 1. The molecule has 3 unspecified atom stereocenters. The van der Waals surface area contributed by atoms with Gasteiger partial charge in [0.2, 0.25) is 0 Å². The molecule has 37 heavy (non-hydrogen) atoms. The molecule has 3 aliphatic rings. The average molecular weight is 508 g/mol. The largest absolute Gasteiger partial charge is 0.494 e. The summed E-state index contributed by atoms with van der Waals surface area (Å²) in [7, 11) is -0.329. The minimum Gasteiger partial charge on any atom is -0.402 e. The minimum absolute atomic E-state index is 0.0390. The van der Waals surface area contributed by atoms with E-state index in [4.69, 9.17) is 9.31 Å². The summed E-state index contributed by atoms with van der Waals surface area (Å²) >= 11 is 0. The van der Waals surface area contributed by atoms with Gasteiger partial charge in [0, 0.05) is 11.1 Å². The van der Waals surface area contributed by atoms with E-state index in [1.807, 2.05) is 24.3 Å². The lowest BCUT2D eigenvalue weighted by Gasteiger charge is -2.38. The van der Waals surface area contributed by atoms with Gasteiger partial charge in [-0.05, 0) is 88.2 Å². The first-order valence-electron chi connectivity index (χ1n) is 15.4. The van der Waals surface area contributed by atoms with E-state index in [0.717, 1.165) is 49.6 Å². The van der Waals surface area contributed by atoms with Crippen LogP contribution in [-0.4, -0.2) is 30.8 Å². The van der Waals surface area contributed by atoms with Crippen molar-refractivity contribution in [2.45, 2.75) is 141 Å². The number of hydrogen-bond acceptors (Lipinski definition) is 3. The molecule has 4 nitrogen and oxygen atoms in total. The van der Waals surface area contributed by atoms with Gasteiger partial charge in [0.1, 0.15) is 0 Å². The Balaban J connectivity index is 1.36. The highest BCUT2D eigenvalue weighted by Gasteiger charge is 2.40. The van der Waals surface area contributed by atoms with E-state index in [-0.39, 0.29) is 30.8 Å². The molecule has 1 aromatic rings. The molecule has 1 saturated carbocycles. The number of nitrogens with one attached hydrogen (secondary N) is 1.